The molecule has 0 radical (unpaired) electrons. The van der Waals surface area contributed by atoms with Crippen molar-refractivity contribution in [1.82, 2.24) is 9.97 Å². The summed E-state index contributed by atoms with van der Waals surface area (Å²) in [4.78, 5) is 7.68. The van der Waals surface area contributed by atoms with Gasteiger partial charge in [0.25, 0.3) is 10.1 Å². The number of aryl methyl sites for hydroxylation is 1. The highest BCUT2D eigenvalue weighted by Crippen LogP contribution is 2.34. The van der Waals surface area contributed by atoms with Crippen LogP contribution in [0, 0.1) is 36.0 Å². The first-order valence-electron chi connectivity index (χ1n) is 6.95. The van der Waals surface area contributed by atoms with E-state index in [2.05, 4.69) is 9.97 Å². The third-order valence-electron chi connectivity index (χ3n) is 3.24. The molecule has 1 heterocycles. The van der Waals surface area contributed by atoms with E-state index in [1.165, 1.54) is 6.92 Å². The van der Waals surface area contributed by atoms with Gasteiger partial charge in [-0.3, -0.25) is 4.55 Å². The minimum absolute atomic E-state index is 0.0528. The molecule has 1 aromatic carbocycles. The summed E-state index contributed by atoms with van der Waals surface area (Å²) in [7, 11) is -4.70. The van der Waals surface area contributed by atoms with Crippen LogP contribution in [0.5, 0.6) is 0 Å². The zero-order chi connectivity index (χ0) is 19.8. The molecular weight excluding hydrogens is 403 g/mol. The molecule has 0 spiro atoms. The second-order valence-electron chi connectivity index (χ2n) is 5.02. The van der Waals surface area contributed by atoms with Gasteiger partial charge >= 0.3 is 0 Å². The predicted molar refractivity (Wildman–Crippen MR) is 83.6 cm³/mol. The normalized spacial score (nSPS) is 11.8. The van der Waals surface area contributed by atoms with E-state index in [0.29, 0.717) is 5.75 Å². The van der Waals surface area contributed by atoms with Gasteiger partial charge in [0.1, 0.15) is 5.75 Å². The van der Waals surface area contributed by atoms with Crippen LogP contribution in [0.2, 0.25) is 0 Å². The van der Waals surface area contributed by atoms with Gasteiger partial charge in [-0.2, -0.15) is 8.42 Å². The van der Waals surface area contributed by atoms with E-state index in [-0.39, 0.29) is 10.9 Å². The fourth-order valence-electron chi connectivity index (χ4n) is 2.14. The minimum atomic E-state index is -4.70. The standard InChI is InChI=1S/C14H11F5N2O3S2/c1-3-25-14-20-5(2)6(4-26(22,23)24)13(21-14)7-8(15)10(17)12(19)11(18)9(7)16/h3-4H2,1-2H3,(H,22,23,24). The van der Waals surface area contributed by atoms with Gasteiger partial charge in [-0.25, -0.2) is 31.9 Å². The molecule has 2 rings (SSSR count). The average molecular weight is 414 g/mol. The van der Waals surface area contributed by atoms with Crippen molar-refractivity contribution in [2.75, 3.05) is 5.75 Å². The third kappa shape index (κ3) is 3.96. The van der Waals surface area contributed by atoms with Crippen LogP contribution in [0.4, 0.5) is 22.0 Å². The first-order valence-corrected chi connectivity index (χ1v) is 9.54. The monoisotopic (exact) mass is 414 g/mol. The molecular formula is C14H11F5N2O3S2. The molecule has 0 fully saturated rings. The Balaban J connectivity index is 2.92. The van der Waals surface area contributed by atoms with Crippen LogP contribution in [0.1, 0.15) is 18.2 Å². The third-order valence-corrected chi connectivity index (χ3v) is 4.62. The van der Waals surface area contributed by atoms with E-state index in [1.54, 1.807) is 6.92 Å². The van der Waals surface area contributed by atoms with Crippen molar-refractivity contribution in [2.24, 2.45) is 0 Å². The predicted octanol–water partition coefficient (Wildman–Crippen LogP) is 3.65. The molecule has 1 aromatic heterocycles. The summed E-state index contributed by atoms with van der Waals surface area (Å²) in [5.41, 5.74) is -2.74. The highest BCUT2D eigenvalue weighted by atomic mass is 32.2. The molecule has 0 amide bonds. The number of halogens is 5. The van der Waals surface area contributed by atoms with Crippen LogP contribution >= 0.6 is 11.8 Å². The van der Waals surface area contributed by atoms with E-state index in [0.717, 1.165) is 11.8 Å². The number of aromatic nitrogens is 2. The highest BCUT2D eigenvalue weighted by molar-refractivity contribution is 7.99. The van der Waals surface area contributed by atoms with Gasteiger partial charge in [-0.15, -0.1) is 0 Å². The lowest BCUT2D eigenvalue weighted by atomic mass is 10.0. The van der Waals surface area contributed by atoms with Gasteiger partial charge < -0.3 is 0 Å². The summed E-state index contributed by atoms with van der Waals surface area (Å²) >= 11 is 1.01. The highest BCUT2D eigenvalue weighted by Gasteiger charge is 2.30. The summed E-state index contributed by atoms with van der Waals surface area (Å²) < 4.78 is 100. The number of thioether (sulfide) groups is 1. The maximum atomic E-state index is 14.2. The van der Waals surface area contributed by atoms with Crippen molar-refractivity contribution in [3.05, 3.63) is 40.3 Å². The molecule has 0 aliphatic heterocycles. The zero-order valence-electron chi connectivity index (χ0n) is 13.3. The summed E-state index contributed by atoms with van der Waals surface area (Å²) in [6.07, 6.45) is 0. The largest absolute Gasteiger partial charge is 0.285 e. The molecule has 0 atom stereocenters. The maximum Gasteiger partial charge on any atom is 0.269 e. The van der Waals surface area contributed by atoms with Crippen LogP contribution in [-0.2, 0) is 15.9 Å². The van der Waals surface area contributed by atoms with E-state index in [4.69, 9.17) is 4.55 Å². The molecule has 0 unspecified atom stereocenters. The lowest BCUT2D eigenvalue weighted by Gasteiger charge is -2.14. The van der Waals surface area contributed by atoms with E-state index in [1.807, 2.05) is 0 Å². The van der Waals surface area contributed by atoms with Crippen LogP contribution in [-0.4, -0.2) is 28.7 Å². The summed E-state index contributed by atoms with van der Waals surface area (Å²) in [6.45, 7) is 2.96. The summed E-state index contributed by atoms with van der Waals surface area (Å²) in [5.74, 6) is -11.8. The molecule has 0 bridgehead atoms. The molecule has 0 saturated heterocycles. The van der Waals surface area contributed by atoms with Crippen LogP contribution in [0.25, 0.3) is 11.3 Å². The van der Waals surface area contributed by atoms with Crippen molar-refractivity contribution in [3.8, 4) is 11.3 Å². The molecule has 0 aliphatic carbocycles. The topological polar surface area (TPSA) is 80.2 Å². The van der Waals surface area contributed by atoms with Crippen molar-refractivity contribution in [3.63, 3.8) is 0 Å². The average Bonchev–Trinajstić information content (AvgIpc) is 2.53. The molecule has 12 heteroatoms. The van der Waals surface area contributed by atoms with E-state index >= 15 is 0 Å². The smallest absolute Gasteiger partial charge is 0.269 e. The zero-order valence-corrected chi connectivity index (χ0v) is 14.9. The Kier molecular flexibility index (Phi) is 5.88. The van der Waals surface area contributed by atoms with Gasteiger partial charge in [0.2, 0.25) is 5.82 Å². The Hall–Kier alpha value is -1.79. The van der Waals surface area contributed by atoms with Gasteiger partial charge in [-0.1, -0.05) is 18.7 Å². The Morgan fingerprint density at radius 3 is 1.92 bits per heavy atom. The fraction of sp³-hybridized carbons (Fsp3) is 0.286. The molecule has 1 N–H and O–H groups in total. The van der Waals surface area contributed by atoms with Crippen LogP contribution in [0.15, 0.2) is 5.16 Å². The Morgan fingerprint density at radius 2 is 1.46 bits per heavy atom. The minimum Gasteiger partial charge on any atom is -0.285 e. The quantitative estimate of drug-likeness (QED) is 0.201. The molecule has 26 heavy (non-hydrogen) atoms. The van der Waals surface area contributed by atoms with Gasteiger partial charge in [0.15, 0.2) is 28.4 Å². The SMILES string of the molecule is CCSc1nc(C)c(CS(=O)(=O)O)c(-c2c(F)c(F)c(F)c(F)c2F)n1. The first kappa shape index (κ1) is 20.5. The number of hydrogen-bond donors (Lipinski definition) is 1. The van der Waals surface area contributed by atoms with Crippen molar-refractivity contribution >= 4 is 21.9 Å². The maximum absolute atomic E-state index is 14.2. The molecule has 2 aromatic rings. The second kappa shape index (κ2) is 7.45. The van der Waals surface area contributed by atoms with E-state index in [9.17, 15) is 30.4 Å². The molecule has 142 valence electrons. The van der Waals surface area contributed by atoms with Gasteiger partial charge in [0.05, 0.1) is 11.3 Å². The van der Waals surface area contributed by atoms with E-state index < -0.39 is 61.8 Å². The molecule has 5 nitrogen and oxygen atoms in total. The van der Waals surface area contributed by atoms with Gasteiger partial charge in [-0.05, 0) is 12.7 Å². The number of rotatable bonds is 5. The summed E-state index contributed by atoms with van der Waals surface area (Å²) in [6, 6.07) is 0. The van der Waals surface area contributed by atoms with Crippen LogP contribution in [0.3, 0.4) is 0 Å². The first-order chi connectivity index (χ1) is 12.0. The molecule has 0 aliphatic rings. The Morgan fingerprint density at radius 1 is 0.962 bits per heavy atom. The Bertz CT molecular complexity index is 954. The lowest BCUT2D eigenvalue weighted by molar-refractivity contribution is 0.381. The number of nitrogens with zero attached hydrogens (tertiary/aromatic N) is 2. The van der Waals surface area contributed by atoms with Gasteiger partial charge in [0, 0.05) is 11.3 Å². The second-order valence-corrected chi connectivity index (χ2v) is 7.71. The van der Waals surface area contributed by atoms with Crippen molar-refractivity contribution in [1.29, 1.82) is 0 Å². The van der Waals surface area contributed by atoms with Crippen LogP contribution < -0.4 is 0 Å². The van der Waals surface area contributed by atoms with Crippen molar-refractivity contribution < 1.29 is 34.9 Å². The summed E-state index contributed by atoms with van der Waals surface area (Å²) in [5, 5.41) is -0.0528. The number of benzene rings is 1. The molecule has 0 saturated carbocycles. The Labute approximate surface area is 149 Å². The lowest BCUT2D eigenvalue weighted by Crippen LogP contribution is -2.12. The fourth-order valence-corrected chi connectivity index (χ4v) is 3.46. The number of hydrogen-bond acceptors (Lipinski definition) is 5. The van der Waals surface area contributed by atoms with Crippen molar-refractivity contribution in [2.45, 2.75) is 24.8 Å².